The van der Waals surface area contributed by atoms with Gasteiger partial charge in [-0.15, -0.1) is 0 Å². The second kappa shape index (κ2) is 5.00. The Morgan fingerprint density at radius 1 is 1.67 bits per heavy atom. The van der Waals surface area contributed by atoms with Crippen LogP contribution in [-0.2, 0) is 9.59 Å². The highest BCUT2D eigenvalue weighted by molar-refractivity contribution is 8.13. The van der Waals surface area contributed by atoms with Crippen LogP contribution in [0.15, 0.2) is 5.70 Å². The third-order valence-corrected chi connectivity index (χ3v) is 2.98. The Morgan fingerprint density at radius 3 is 2.80 bits per heavy atom. The maximum absolute atomic E-state index is 11.5. The van der Waals surface area contributed by atoms with E-state index >= 15 is 0 Å². The number of carbonyl (C=O) groups is 2. The van der Waals surface area contributed by atoms with Crippen molar-refractivity contribution in [2.45, 2.75) is 25.8 Å². The van der Waals surface area contributed by atoms with Gasteiger partial charge in [0.1, 0.15) is 17.7 Å². The van der Waals surface area contributed by atoms with Crippen molar-refractivity contribution in [2.75, 3.05) is 5.75 Å². The fourth-order valence-corrected chi connectivity index (χ4v) is 2.22. The zero-order valence-electron chi connectivity index (χ0n) is 8.23. The molecule has 15 heavy (non-hydrogen) atoms. The summed E-state index contributed by atoms with van der Waals surface area (Å²) < 4.78 is 0. The van der Waals surface area contributed by atoms with Crippen molar-refractivity contribution in [3.8, 4) is 0 Å². The lowest BCUT2D eigenvalue weighted by Gasteiger charge is -2.18. The zero-order valence-corrected chi connectivity index (χ0v) is 9.04. The Balaban J connectivity index is 2.87. The van der Waals surface area contributed by atoms with Crippen LogP contribution < -0.4 is 0 Å². The molecular weight excluding hydrogens is 218 g/mol. The van der Waals surface area contributed by atoms with Crippen molar-refractivity contribution in [3.05, 3.63) is 5.70 Å². The molecule has 0 aliphatic carbocycles. The Morgan fingerprint density at radius 2 is 2.33 bits per heavy atom. The van der Waals surface area contributed by atoms with E-state index in [9.17, 15) is 14.4 Å². The lowest BCUT2D eigenvalue weighted by molar-refractivity contribution is -0.114. The smallest absolute Gasteiger partial charge is 0.412 e. The minimum absolute atomic E-state index is 0.0533. The second-order valence-electron chi connectivity index (χ2n) is 3.01. The van der Waals surface area contributed by atoms with E-state index in [0.29, 0.717) is 18.6 Å². The van der Waals surface area contributed by atoms with E-state index in [0.717, 1.165) is 16.7 Å². The topological polar surface area (TPSA) is 74.7 Å². The quantitative estimate of drug-likeness (QED) is 0.718. The Hall–Kier alpha value is -1.26. The van der Waals surface area contributed by atoms with Crippen molar-refractivity contribution in [1.82, 2.24) is 4.90 Å². The van der Waals surface area contributed by atoms with Crippen LogP contribution >= 0.6 is 11.8 Å². The van der Waals surface area contributed by atoms with Gasteiger partial charge < -0.3 is 5.11 Å². The summed E-state index contributed by atoms with van der Waals surface area (Å²) in [7, 11) is 0. The van der Waals surface area contributed by atoms with E-state index in [1.54, 1.807) is 5.94 Å². The van der Waals surface area contributed by atoms with Gasteiger partial charge >= 0.3 is 6.09 Å². The molecule has 82 valence electrons. The largest absolute Gasteiger partial charge is 0.465 e. The lowest BCUT2D eigenvalue weighted by atomic mass is 10.2. The number of hydrogen-bond donors (Lipinski definition) is 1. The molecule has 0 radical (unpaired) electrons. The second-order valence-corrected chi connectivity index (χ2v) is 4.28. The summed E-state index contributed by atoms with van der Waals surface area (Å²) in [4.78, 5) is 33.7. The lowest BCUT2D eigenvalue weighted by Crippen LogP contribution is -2.37. The molecular formula is C9H11NO4S. The van der Waals surface area contributed by atoms with Gasteiger partial charge in [0.15, 0.2) is 0 Å². The molecule has 1 fully saturated rings. The van der Waals surface area contributed by atoms with Crippen molar-refractivity contribution in [2.24, 2.45) is 0 Å². The van der Waals surface area contributed by atoms with E-state index in [-0.39, 0.29) is 10.8 Å². The number of rotatable bonds is 2. The molecule has 1 rings (SSSR count). The summed E-state index contributed by atoms with van der Waals surface area (Å²) in [6.45, 7) is 1.82. The standard InChI is InChI=1S/C9H11NO4S/c1-2-15-8(12)7-4-3-6(5-11)10(7)9(13)14/h7H,2-4H2,1H3,(H,13,14)/t7-/m0/s1. The molecule has 1 aliphatic heterocycles. The summed E-state index contributed by atoms with van der Waals surface area (Å²) in [5.41, 5.74) is 0.0533. The van der Waals surface area contributed by atoms with Gasteiger partial charge in [-0.2, -0.15) is 0 Å². The summed E-state index contributed by atoms with van der Waals surface area (Å²) in [5.74, 6) is 2.17. The molecule has 1 amide bonds. The normalized spacial score (nSPS) is 20.2. The van der Waals surface area contributed by atoms with E-state index in [1.165, 1.54) is 0 Å². The predicted molar refractivity (Wildman–Crippen MR) is 55.2 cm³/mol. The minimum Gasteiger partial charge on any atom is -0.465 e. The molecule has 0 bridgehead atoms. The fourth-order valence-electron chi connectivity index (χ4n) is 1.52. The molecule has 5 nitrogen and oxygen atoms in total. The van der Waals surface area contributed by atoms with E-state index in [2.05, 4.69) is 0 Å². The molecule has 0 unspecified atom stereocenters. The molecule has 1 atom stereocenters. The highest BCUT2D eigenvalue weighted by Crippen LogP contribution is 2.28. The molecule has 0 saturated carbocycles. The third kappa shape index (κ3) is 2.40. The molecule has 1 N–H and O–H groups in total. The van der Waals surface area contributed by atoms with Crippen molar-refractivity contribution in [3.63, 3.8) is 0 Å². The molecule has 1 aliphatic rings. The number of hydrogen-bond acceptors (Lipinski definition) is 4. The highest BCUT2D eigenvalue weighted by atomic mass is 32.2. The summed E-state index contributed by atoms with van der Waals surface area (Å²) in [5, 5.41) is 8.66. The molecule has 0 aromatic carbocycles. The van der Waals surface area contributed by atoms with Crippen LogP contribution in [0, 0.1) is 0 Å². The molecule has 1 saturated heterocycles. The maximum atomic E-state index is 11.5. The first-order valence-corrected chi connectivity index (χ1v) is 5.53. The first-order valence-electron chi connectivity index (χ1n) is 4.54. The van der Waals surface area contributed by atoms with Gasteiger partial charge in [-0.3, -0.25) is 9.69 Å². The maximum Gasteiger partial charge on any atom is 0.412 e. The highest BCUT2D eigenvalue weighted by Gasteiger charge is 2.38. The van der Waals surface area contributed by atoms with E-state index in [1.807, 2.05) is 6.92 Å². The first-order chi connectivity index (χ1) is 7.11. The Bertz CT molecular complexity index is 335. The van der Waals surface area contributed by atoms with Crippen LogP contribution in [0.25, 0.3) is 0 Å². The van der Waals surface area contributed by atoms with Gasteiger partial charge in [-0.1, -0.05) is 18.7 Å². The Kier molecular flexibility index (Phi) is 3.94. The molecule has 1 heterocycles. The van der Waals surface area contributed by atoms with Crippen molar-refractivity contribution >= 4 is 28.9 Å². The van der Waals surface area contributed by atoms with E-state index in [4.69, 9.17) is 5.11 Å². The molecule has 0 aromatic rings. The van der Waals surface area contributed by atoms with Crippen LogP contribution in [0.2, 0.25) is 0 Å². The summed E-state index contributed by atoms with van der Waals surface area (Å²) in [6, 6.07) is -0.719. The van der Waals surface area contributed by atoms with Gasteiger partial charge in [-0.25, -0.2) is 9.59 Å². The summed E-state index contributed by atoms with van der Waals surface area (Å²) >= 11 is 1.08. The van der Waals surface area contributed by atoms with Crippen LogP contribution in [0.5, 0.6) is 0 Å². The average molecular weight is 229 g/mol. The number of likely N-dealkylation sites (tertiary alicyclic amines) is 1. The van der Waals surface area contributed by atoms with Gasteiger partial charge in [0.05, 0.1) is 0 Å². The number of nitrogens with zero attached hydrogens (tertiary/aromatic N) is 1. The predicted octanol–water partition coefficient (Wildman–Crippen LogP) is 1.12. The molecule has 0 aromatic heterocycles. The number of carboxylic acid groups (broad SMARTS) is 1. The van der Waals surface area contributed by atoms with Gasteiger partial charge in [0, 0.05) is 6.42 Å². The van der Waals surface area contributed by atoms with Gasteiger partial charge in [0.2, 0.25) is 5.12 Å². The molecule has 6 heteroatoms. The number of carbonyl (C=O) groups excluding carboxylic acids is 2. The number of amides is 1. The SMILES string of the molecule is CCSC(=O)[C@@H]1CCC(=C=O)N1C(=O)O. The van der Waals surface area contributed by atoms with Crippen LogP contribution in [0.3, 0.4) is 0 Å². The Labute approximate surface area is 91.1 Å². The summed E-state index contributed by atoms with van der Waals surface area (Å²) in [6.07, 6.45) is -0.583. The monoisotopic (exact) mass is 229 g/mol. The number of allylic oxidation sites excluding steroid dienone is 1. The van der Waals surface area contributed by atoms with Gasteiger partial charge in [-0.05, 0) is 12.2 Å². The minimum atomic E-state index is -1.26. The van der Waals surface area contributed by atoms with Crippen LogP contribution in [0.1, 0.15) is 19.8 Å². The fraction of sp³-hybridized carbons (Fsp3) is 0.556. The number of thioether (sulfide) groups is 1. The van der Waals surface area contributed by atoms with Crippen LogP contribution in [0.4, 0.5) is 4.79 Å². The average Bonchev–Trinajstić information content (AvgIpc) is 2.61. The van der Waals surface area contributed by atoms with Crippen molar-refractivity contribution < 1.29 is 19.5 Å². The van der Waals surface area contributed by atoms with Crippen molar-refractivity contribution in [1.29, 1.82) is 0 Å². The van der Waals surface area contributed by atoms with Gasteiger partial charge in [0.25, 0.3) is 0 Å². The van der Waals surface area contributed by atoms with Crippen LogP contribution in [-0.4, -0.2) is 39.0 Å². The molecule has 0 spiro atoms. The zero-order chi connectivity index (χ0) is 11.4. The first kappa shape index (κ1) is 11.8. The third-order valence-electron chi connectivity index (χ3n) is 2.14. The van der Waals surface area contributed by atoms with E-state index < -0.39 is 12.1 Å².